The van der Waals surface area contributed by atoms with Crippen molar-refractivity contribution in [2.24, 2.45) is 5.73 Å². The molecule has 1 aromatic heterocycles. The van der Waals surface area contributed by atoms with Crippen LogP contribution in [0, 0.1) is 31.5 Å². The number of aromatic nitrogens is 2. The van der Waals surface area contributed by atoms with Crippen LogP contribution in [0.5, 0.6) is 0 Å². The molecule has 2 N–H and O–H groups in total. The summed E-state index contributed by atoms with van der Waals surface area (Å²) in [7, 11) is 0. The molecule has 0 atom stereocenters. The zero-order valence-corrected chi connectivity index (χ0v) is 11.1. The second-order valence-electron chi connectivity index (χ2n) is 4.36. The topological polar surface area (TPSA) is 43.8 Å². The van der Waals surface area contributed by atoms with Gasteiger partial charge in [-0.25, -0.2) is 9.37 Å². The van der Waals surface area contributed by atoms with E-state index in [0.29, 0.717) is 17.7 Å². The van der Waals surface area contributed by atoms with Crippen LogP contribution < -0.4 is 5.73 Å². The monoisotopic (exact) mass is 257 g/mol. The molecule has 2 aromatic rings. The first-order valence-electron chi connectivity index (χ1n) is 6.07. The summed E-state index contributed by atoms with van der Waals surface area (Å²) in [6, 6.07) is 5.00. The van der Waals surface area contributed by atoms with Gasteiger partial charge in [0.05, 0.1) is 25.1 Å². The van der Waals surface area contributed by atoms with Gasteiger partial charge in [-0.3, -0.25) is 0 Å². The van der Waals surface area contributed by atoms with Gasteiger partial charge in [0.25, 0.3) is 0 Å². The van der Waals surface area contributed by atoms with Crippen molar-refractivity contribution in [1.29, 1.82) is 0 Å². The Kier molecular flexibility index (Phi) is 3.98. The summed E-state index contributed by atoms with van der Waals surface area (Å²) >= 11 is 0. The highest BCUT2D eigenvalue weighted by Gasteiger charge is 2.07. The summed E-state index contributed by atoms with van der Waals surface area (Å²) in [6.45, 7) is 4.66. The van der Waals surface area contributed by atoms with Crippen LogP contribution in [0.25, 0.3) is 0 Å². The van der Waals surface area contributed by atoms with Crippen LogP contribution in [0.2, 0.25) is 0 Å². The number of halogens is 1. The van der Waals surface area contributed by atoms with Crippen molar-refractivity contribution >= 4 is 0 Å². The average Bonchev–Trinajstić information content (AvgIpc) is 2.71. The van der Waals surface area contributed by atoms with Gasteiger partial charge in [-0.05, 0) is 26.0 Å². The van der Waals surface area contributed by atoms with Crippen LogP contribution in [0.15, 0.2) is 24.5 Å². The number of benzene rings is 1. The first-order valence-corrected chi connectivity index (χ1v) is 6.07. The van der Waals surface area contributed by atoms with E-state index in [1.807, 2.05) is 18.4 Å². The minimum absolute atomic E-state index is 0.255. The van der Waals surface area contributed by atoms with Crippen molar-refractivity contribution in [3.63, 3.8) is 0 Å². The summed E-state index contributed by atoms with van der Waals surface area (Å²) < 4.78 is 15.9. The van der Waals surface area contributed by atoms with E-state index in [0.717, 1.165) is 11.4 Å². The summed E-state index contributed by atoms with van der Waals surface area (Å²) in [5.41, 5.74) is 8.57. The maximum Gasteiger partial charge on any atom is 0.129 e. The average molecular weight is 257 g/mol. The van der Waals surface area contributed by atoms with Crippen LogP contribution in [0.4, 0.5) is 4.39 Å². The Labute approximate surface area is 112 Å². The van der Waals surface area contributed by atoms with E-state index in [-0.39, 0.29) is 12.4 Å². The van der Waals surface area contributed by atoms with Gasteiger partial charge in [0.15, 0.2) is 0 Å². The molecule has 0 saturated carbocycles. The van der Waals surface area contributed by atoms with Gasteiger partial charge in [-0.1, -0.05) is 17.9 Å². The molecule has 98 valence electrons. The fourth-order valence-corrected chi connectivity index (χ4v) is 1.79. The van der Waals surface area contributed by atoms with E-state index >= 15 is 0 Å². The summed E-state index contributed by atoms with van der Waals surface area (Å²) in [5, 5.41) is 0. The van der Waals surface area contributed by atoms with Gasteiger partial charge >= 0.3 is 0 Å². The molecule has 0 saturated heterocycles. The molecule has 1 heterocycles. The largest absolute Gasteiger partial charge is 0.330 e. The molecule has 0 aliphatic rings. The number of imidazole rings is 1. The third-order valence-corrected chi connectivity index (χ3v) is 3.07. The van der Waals surface area contributed by atoms with E-state index in [1.54, 1.807) is 18.5 Å². The summed E-state index contributed by atoms with van der Waals surface area (Å²) in [5.74, 6) is 5.27. The molecule has 0 bridgehead atoms. The predicted molar refractivity (Wildman–Crippen MR) is 73.1 cm³/mol. The van der Waals surface area contributed by atoms with Crippen LogP contribution in [0.3, 0.4) is 0 Å². The van der Waals surface area contributed by atoms with Crippen molar-refractivity contribution in [3.05, 3.63) is 52.9 Å². The van der Waals surface area contributed by atoms with E-state index in [4.69, 9.17) is 5.73 Å². The van der Waals surface area contributed by atoms with Crippen molar-refractivity contribution in [2.45, 2.75) is 20.4 Å². The molecule has 1 aromatic carbocycles. The van der Waals surface area contributed by atoms with Gasteiger partial charge in [0.1, 0.15) is 5.82 Å². The zero-order chi connectivity index (χ0) is 13.8. The molecule has 0 radical (unpaired) electrons. The van der Waals surface area contributed by atoms with Crippen LogP contribution in [-0.2, 0) is 6.54 Å². The lowest BCUT2D eigenvalue weighted by atomic mass is 10.1. The molecule has 0 fully saturated rings. The number of rotatable bonds is 2. The molecule has 3 nitrogen and oxygen atoms in total. The lowest BCUT2D eigenvalue weighted by Gasteiger charge is -2.07. The molecule has 4 heteroatoms. The molecule has 0 aliphatic heterocycles. The first-order chi connectivity index (χ1) is 9.11. The van der Waals surface area contributed by atoms with Gasteiger partial charge in [0.2, 0.25) is 0 Å². The van der Waals surface area contributed by atoms with Crippen molar-refractivity contribution in [3.8, 4) is 11.8 Å². The standard InChI is InChI=1S/C15H16FN3/c1-11-12(2)19(10-18-11)9-14-6-5-13(4-3-7-17)8-15(14)16/h5-6,8,10H,7,9,17H2,1-2H3. The molecule has 0 amide bonds. The van der Waals surface area contributed by atoms with Gasteiger partial charge in [-0.15, -0.1) is 0 Å². The molecule has 0 unspecified atom stereocenters. The predicted octanol–water partition coefficient (Wildman–Crippen LogP) is 2.00. The fourth-order valence-electron chi connectivity index (χ4n) is 1.79. The minimum Gasteiger partial charge on any atom is -0.330 e. The number of hydrogen-bond donors (Lipinski definition) is 1. The molecule has 0 aliphatic carbocycles. The van der Waals surface area contributed by atoms with Gasteiger partial charge in [0, 0.05) is 16.8 Å². The minimum atomic E-state index is -0.255. The number of aryl methyl sites for hydroxylation is 1. The highest BCUT2D eigenvalue weighted by atomic mass is 19.1. The van der Waals surface area contributed by atoms with E-state index < -0.39 is 0 Å². The smallest absolute Gasteiger partial charge is 0.129 e. The number of nitrogens with zero attached hydrogens (tertiary/aromatic N) is 2. The van der Waals surface area contributed by atoms with E-state index in [9.17, 15) is 4.39 Å². The van der Waals surface area contributed by atoms with Crippen LogP contribution >= 0.6 is 0 Å². The van der Waals surface area contributed by atoms with Crippen molar-refractivity contribution in [2.75, 3.05) is 6.54 Å². The van der Waals surface area contributed by atoms with E-state index in [2.05, 4.69) is 16.8 Å². The third kappa shape index (κ3) is 3.01. The molecule has 19 heavy (non-hydrogen) atoms. The fraction of sp³-hybridized carbons (Fsp3) is 0.267. The van der Waals surface area contributed by atoms with Gasteiger partial charge in [-0.2, -0.15) is 0 Å². The lowest BCUT2D eigenvalue weighted by molar-refractivity contribution is 0.597. The second-order valence-corrected chi connectivity index (χ2v) is 4.36. The van der Waals surface area contributed by atoms with Crippen LogP contribution in [-0.4, -0.2) is 16.1 Å². The quantitative estimate of drug-likeness (QED) is 0.836. The Morgan fingerprint density at radius 1 is 1.37 bits per heavy atom. The van der Waals surface area contributed by atoms with Crippen molar-refractivity contribution < 1.29 is 4.39 Å². The number of hydrogen-bond acceptors (Lipinski definition) is 2. The second kappa shape index (κ2) is 5.68. The Morgan fingerprint density at radius 2 is 2.16 bits per heavy atom. The normalized spacial score (nSPS) is 10.1. The Hall–Kier alpha value is -2.12. The molecular formula is C15H16FN3. The Bertz CT molecular complexity index is 647. The lowest BCUT2D eigenvalue weighted by Crippen LogP contribution is -2.03. The molecule has 0 spiro atoms. The maximum atomic E-state index is 14.0. The zero-order valence-electron chi connectivity index (χ0n) is 11.1. The SMILES string of the molecule is Cc1ncn(Cc2ccc(C#CCN)cc2F)c1C. The Balaban J connectivity index is 2.24. The highest BCUT2D eigenvalue weighted by molar-refractivity contribution is 5.37. The first kappa shape index (κ1) is 13.3. The molecular weight excluding hydrogens is 241 g/mol. The summed E-state index contributed by atoms with van der Waals surface area (Å²) in [4.78, 5) is 4.20. The highest BCUT2D eigenvalue weighted by Crippen LogP contribution is 2.14. The van der Waals surface area contributed by atoms with Gasteiger partial charge < -0.3 is 10.3 Å². The molecule has 2 rings (SSSR count). The number of nitrogens with two attached hydrogens (primary N) is 1. The Morgan fingerprint density at radius 3 is 2.74 bits per heavy atom. The third-order valence-electron chi connectivity index (χ3n) is 3.07. The van der Waals surface area contributed by atoms with E-state index in [1.165, 1.54) is 6.07 Å². The van der Waals surface area contributed by atoms with Crippen molar-refractivity contribution in [1.82, 2.24) is 9.55 Å². The maximum absolute atomic E-state index is 14.0. The summed E-state index contributed by atoms with van der Waals surface area (Å²) in [6.07, 6.45) is 1.73. The van der Waals surface area contributed by atoms with Crippen LogP contribution in [0.1, 0.15) is 22.5 Å².